The quantitative estimate of drug-likeness (QED) is 0.792. The zero-order valence-corrected chi connectivity index (χ0v) is 11.8. The molecule has 0 saturated heterocycles. The lowest BCUT2D eigenvalue weighted by Crippen LogP contribution is -2.19. The van der Waals surface area contributed by atoms with Gasteiger partial charge < -0.3 is 10.6 Å². The van der Waals surface area contributed by atoms with Gasteiger partial charge in [0.15, 0.2) is 5.11 Å². The van der Waals surface area contributed by atoms with Gasteiger partial charge in [-0.3, -0.25) is 0 Å². The van der Waals surface area contributed by atoms with Gasteiger partial charge in [0.25, 0.3) is 0 Å². The maximum absolute atomic E-state index is 13.1. The van der Waals surface area contributed by atoms with Gasteiger partial charge in [0, 0.05) is 16.4 Å². The Bertz CT molecular complexity index is 616. The number of thiocarbonyl (C=S) groups is 1. The van der Waals surface area contributed by atoms with Gasteiger partial charge in [0.2, 0.25) is 0 Å². The largest absolute Gasteiger partial charge is 0.332 e. The van der Waals surface area contributed by atoms with E-state index in [0.717, 1.165) is 11.4 Å². The third kappa shape index (κ3) is 3.91. The molecular weight excluding hydrogens is 283 g/mol. The summed E-state index contributed by atoms with van der Waals surface area (Å²) in [5, 5.41) is 7.05. The molecule has 2 aromatic rings. The number of nitrogens with one attached hydrogen (secondary N) is 2. The molecule has 0 radical (unpaired) electrons. The summed E-state index contributed by atoms with van der Waals surface area (Å²) in [5.74, 6) is -0.237. The Morgan fingerprint density at radius 3 is 2.42 bits per heavy atom. The molecule has 0 aliphatic rings. The Balaban J connectivity index is 2.03. The molecule has 2 aromatic carbocycles. The van der Waals surface area contributed by atoms with Crippen LogP contribution >= 0.6 is 23.8 Å². The summed E-state index contributed by atoms with van der Waals surface area (Å²) in [5.41, 5.74) is 2.10. The third-order valence-corrected chi connectivity index (χ3v) is 2.94. The lowest BCUT2D eigenvalue weighted by Gasteiger charge is -2.11. The van der Waals surface area contributed by atoms with E-state index in [0.29, 0.717) is 15.7 Å². The van der Waals surface area contributed by atoms with Crippen LogP contribution in [0.5, 0.6) is 0 Å². The molecule has 0 aliphatic carbocycles. The molecule has 0 unspecified atom stereocenters. The van der Waals surface area contributed by atoms with Crippen molar-refractivity contribution in [3.8, 4) is 0 Å². The van der Waals surface area contributed by atoms with Gasteiger partial charge in [-0.2, -0.15) is 0 Å². The molecule has 2 rings (SSSR count). The Labute approximate surface area is 121 Å². The summed E-state index contributed by atoms with van der Waals surface area (Å²) in [6.07, 6.45) is 0. The van der Waals surface area contributed by atoms with E-state index in [4.69, 9.17) is 23.8 Å². The standard InChI is InChI=1S/C14H12ClFN2S/c1-9-7-12(5-6-13(9)16)18-14(19)17-11-4-2-3-10(15)8-11/h2-8H,1H3,(H2,17,18,19). The number of hydrogen-bond acceptors (Lipinski definition) is 1. The van der Waals surface area contributed by atoms with Crippen molar-refractivity contribution in [2.75, 3.05) is 10.6 Å². The molecule has 0 saturated carbocycles. The molecule has 0 aliphatic heterocycles. The zero-order chi connectivity index (χ0) is 13.8. The first-order valence-corrected chi connectivity index (χ1v) is 6.43. The van der Waals surface area contributed by atoms with Gasteiger partial charge in [-0.05, 0) is 61.1 Å². The predicted octanol–water partition coefficient (Wildman–Crippen LogP) is 4.60. The van der Waals surface area contributed by atoms with E-state index in [1.807, 2.05) is 12.1 Å². The average Bonchev–Trinajstić information content (AvgIpc) is 2.34. The number of benzene rings is 2. The van der Waals surface area contributed by atoms with Crippen LogP contribution in [0.3, 0.4) is 0 Å². The Kier molecular flexibility index (Phi) is 4.35. The molecular formula is C14H12ClFN2S. The molecule has 0 aromatic heterocycles. The number of hydrogen-bond donors (Lipinski definition) is 2. The highest BCUT2D eigenvalue weighted by atomic mass is 35.5. The van der Waals surface area contributed by atoms with Crippen LogP contribution in [0.4, 0.5) is 15.8 Å². The minimum atomic E-state index is -0.237. The van der Waals surface area contributed by atoms with Gasteiger partial charge in [0.1, 0.15) is 5.82 Å². The first-order valence-electron chi connectivity index (χ1n) is 5.64. The highest BCUT2D eigenvalue weighted by molar-refractivity contribution is 7.80. The van der Waals surface area contributed by atoms with Crippen LogP contribution in [-0.4, -0.2) is 5.11 Å². The van der Waals surface area contributed by atoms with Crippen LogP contribution in [0.25, 0.3) is 0 Å². The van der Waals surface area contributed by atoms with Crippen molar-refractivity contribution >= 4 is 40.3 Å². The molecule has 0 spiro atoms. The van der Waals surface area contributed by atoms with E-state index >= 15 is 0 Å². The summed E-state index contributed by atoms with van der Waals surface area (Å²) < 4.78 is 13.1. The van der Waals surface area contributed by atoms with E-state index < -0.39 is 0 Å². The molecule has 19 heavy (non-hydrogen) atoms. The van der Waals surface area contributed by atoms with Crippen LogP contribution in [0.15, 0.2) is 42.5 Å². The van der Waals surface area contributed by atoms with E-state index in [-0.39, 0.29) is 5.82 Å². The normalized spacial score (nSPS) is 10.1. The van der Waals surface area contributed by atoms with Crippen molar-refractivity contribution < 1.29 is 4.39 Å². The lowest BCUT2D eigenvalue weighted by molar-refractivity contribution is 0.619. The van der Waals surface area contributed by atoms with Crippen LogP contribution in [0, 0.1) is 12.7 Å². The van der Waals surface area contributed by atoms with E-state index in [2.05, 4.69) is 10.6 Å². The number of halogens is 2. The molecule has 5 heteroatoms. The fourth-order valence-electron chi connectivity index (χ4n) is 1.58. The Morgan fingerprint density at radius 2 is 1.79 bits per heavy atom. The second kappa shape index (κ2) is 5.99. The maximum Gasteiger partial charge on any atom is 0.175 e. The Morgan fingerprint density at radius 1 is 1.11 bits per heavy atom. The van der Waals surface area contributed by atoms with Crippen LogP contribution in [0.1, 0.15) is 5.56 Å². The van der Waals surface area contributed by atoms with Gasteiger partial charge in [-0.25, -0.2) is 4.39 Å². The summed E-state index contributed by atoms with van der Waals surface area (Å²) in [6.45, 7) is 1.70. The van der Waals surface area contributed by atoms with E-state index in [1.165, 1.54) is 6.07 Å². The SMILES string of the molecule is Cc1cc(NC(=S)Nc2cccc(Cl)c2)ccc1F. The highest BCUT2D eigenvalue weighted by Gasteiger charge is 2.02. The topological polar surface area (TPSA) is 24.1 Å². The predicted molar refractivity (Wildman–Crippen MR) is 82.4 cm³/mol. The number of anilines is 2. The maximum atomic E-state index is 13.1. The van der Waals surface area contributed by atoms with Crippen molar-refractivity contribution in [1.82, 2.24) is 0 Å². The van der Waals surface area contributed by atoms with Crippen molar-refractivity contribution in [2.45, 2.75) is 6.92 Å². The number of aryl methyl sites for hydroxylation is 1. The van der Waals surface area contributed by atoms with Crippen LogP contribution < -0.4 is 10.6 Å². The molecule has 98 valence electrons. The molecule has 0 bridgehead atoms. The fourth-order valence-corrected chi connectivity index (χ4v) is 2.01. The summed E-state index contributed by atoms with van der Waals surface area (Å²) in [7, 11) is 0. The van der Waals surface area contributed by atoms with Gasteiger partial charge in [-0.1, -0.05) is 17.7 Å². The van der Waals surface area contributed by atoms with Crippen molar-refractivity contribution in [3.05, 3.63) is 58.9 Å². The van der Waals surface area contributed by atoms with E-state index in [1.54, 1.807) is 31.2 Å². The second-order valence-corrected chi connectivity index (χ2v) is 4.90. The molecule has 0 fully saturated rings. The molecule has 0 amide bonds. The summed E-state index contributed by atoms with van der Waals surface area (Å²) in [6, 6.07) is 12.0. The van der Waals surface area contributed by atoms with Crippen LogP contribution in [-0.2, 0) is 0 Å². The minimum Gasteiger partial charge on any atom is -0.332 e. The fraction of sp³-hybridized carbons (Fsp3) is 0.0714. The minimum absolute atomic E-state index is 0.237. The molecule has 2 N–H and O–H groups in total. The van der Waals surface area contributed by atoms with Crippen LogP contribution in [0.2, 0.25) is 5.02 Å². The second-order valence-electron chi connectivity index (χ2n) is 4.05. The third-order valence-electron chi connectivity index (χ3n) is 2.50. The highest BCUT2D eigenvalue weighted by Crippen LogP contribution is 2.17. The smallest absolute Gasteiger partial charge is 0.175 e. The van der Waals surface area contributed by atoms with Gasteiger partial charge in [-0.15, -0.1) is 0 Å². The van der Waals surface area contributed by atoms with Crippen molar-refractivity contribution in [2.24, 2.45) is 0 Å². The monoisotopic (exact) mass is 294 g/mol. The van der Waals surface area contributed by atoms with Gasteiger partial charge in [0.05, 0.1) is 0 Å². The first kappa shape index (κ1) is 13.8. The molecule has 0 atom stereocenters. The summed E-state index contributed by atoms with van der Waals surface area (Å²) >= 11 is 11.1. The number of rotatable bonds is 2. The Hall–Kier alpha value is -1.65. The zero-order valence-electron chi connectivity index (χ0n) is 10.2. The van der Waals surface area contributed by atoms with Crippen molar-refractivity contribution in [3.63, 3.8) is 0 Å². The summed E-state index contributed by atoms with van der Waals surface area (Å²) in [4.78, 5) is 0. The molecule has 2 nitrogen and oxygen atoms in total. The van der Waals surface area contributed by atoms with Gasteiger partial charge >= 0.3 is 0 Å². The van der Waals surface area contributed by atoms with Crippen molar-refractivity contribution in [1.29, 1.82) is 0 Å². The average molecular weight is 295 g/mol. The molecule has 0 heterocycles. The van der Waals surface area contributed by atoms with E-state index in [9.17, 15) is 4.39 Å². The first-order chi connectivity index (χ1) is 9.04. The lowest BCUT2D eigenvalue weighted by atomic mass is 10.2.